The Kier molecular flexibility index (Phi) is 7.50. The monoisotopic (exact) mass is 486 g/mol. The molecule has 10 heteroatoms. The van der Waals surface area contributed by atoms with Gasteiger partial charge in [-0.2, -0.15) is 0 Å². The number of esters is 1. The predicted octanol–water partition coefficient (Wildman–Crippen LogP) is 2.97. The first-order valence-electron chi connectivity index (χ1n) is 11.4. The number of carbonyl (C=O) groups is 2. The summed E-state index contributed by atoms with van der Waals surface area (Å²) in [7, 11) is 1.63. The van der Waals surface area contributed by atoms with Crippen LogP contribution in [0.4, 0.5) is 19.3 Å². The van der Waals surface area contributed by atoms with Gasteiger partial charge >= 0.3 is 12.0 Å². The molecule has 0 spiro atoms. The van der Waals surface area contributed by atoms with Crippen molar-refractivity contribution < 1.29 is 27.8 Å². The quantitative estimate of drug-likeness (QED) is 0.586. The third-order valence-electron chi connectivity index (χ3n) is 6.12. The third kappa shape index (κ3) is 5.54. The van der Waals surface area contributed by atoms with Gasteiger partial charge in [0.05, 0.1) is 25.3 Å². The van der Waals surface area contributed by atoms with Crippen LogP contribution >= 0.6 is 0 Å². The molecule has 1 unspecified atom stereocenters. The van der Waals surface area contributed by atoms with E-state index in [1.165, 1.54) is 6.07 Å². The van der Waals surface area contributed by atoms with E-state index in [1.54, 1.807) is 14.0 Å². The summed E-state index contributed by atoms with van der Waals surface area (Å²) in [5.41, 5.74) is 1.91. The first kappa shape index (κ1) is 24.5. The Morgan fingerprint density at radius 2 is 1.77 bits per heavy atom. The van der Waals surface area contributed by atoms with Gasteiger partial charge < -0.3 is 25.0 Å². The van der Waals surface area contributed by atoms with E-state index in [0.717, 1.165) is 36.7 Å². The molecule has 2 N–H and O–H groups in total. The minimum atomic E-state index is -1.06. The zero-order valence-corrected chi connectivity index (χ0v) is 19.6. The summed E-state index contributed by atoms with van der Waals surface area (Å²) in [6.07, 6.45) is 0. The molecule has 0 saturated carbocycles. The zero-order valence-electron chi connectivity index (χ0n) is 19.6. The average Bonchev–Trinajstić information content (AvgIpc) is 2.86. The Morgan fingerprint density at radius 1 is 1.06 bits per heavy atom. The van der Waals surface area contributed by atoms with E-state index in [1.807, 2.05) is 24.3 Å². The Balaban J connectivity index is 1.54. The van der Waals surface area contributed by atoms with Gasteiger partial charge in [0.2, 0.25) is 0 Å². The number of amides is 2. The van der Waals surface area contributed by atoms with Crippen LogP contribution in [0.25, 0.3) is 0 Å². The summed E-state index contributed by atoms with van der Waals surface area (Å²) in [4.78, 5) is 29.7. The summed E-state index contributed by atoms with van der Waals surface area (Å²) in [5, 5.41) is 5.37. The van der Waals surface area contributed by atoms with E-state index in [2.05, 4.69) is 20.4 Å². The molecule has 8 nitrogen and oxygen atoms in total. The van der Waals surface area contributed by atoms with Crippen LogP contribution in [0.3, 0.4) is 0 Å². The van der Waals surface area contributed by atoms with E-state index < -0.39 is 29.7 Å². The Hall–Kier alpha value is -3.66. The van der Waals surface area contributed by atoms with Crippen LogP contribution in [-0.2, 0) is 9.53 Å². The van der Waals surface area contributed by atoms with Gasteiger partial charge in [-0.3, -0.25) is 4.90 Å². The second kappa shape index (κ2) is 10.7. The highest BCUT2D eigenvalue weighted by molar-refractivity contribution is 5.95. The number of hydrogen-bond donors (Lipinski definition) is 2. The largest absolute Gasteiger partial charge is 0.497 e. The van der Waals surface area contributed by atoms with Crippen molar-refractivity contribution in [3.05, 3.63) is 70.9 Å². The molecule has 2 heterocycles. The second-order valence-corrected chi connectivity index (χ2v) is 8.28. The van der Waals surface area contributed by atoms with Crippen molar-refractivity contribution in [1.82, 2.24) is 15.5 Å². The summed E-state index contributed by atoms with van der Waals surface area (Å²) in [6, 6.07) is 9.66. The van der Waals surface area contributed by atoms with Gasteiger partial charge in [0.1, 0.15) is 5.75 Å². The second-order valence-electron chi connectivity index (χ2n) is 8.28. The van der Waals surface area contributed by atoms with Gasteiger partial charge in [-0.1, -0.05) is 6.07 Å². The Morgan fingerprint density at radius 3 is 2.40 bits per heavy atom. The molecule has 2 aromatic rings. The molecule has 2 aromatic carbocycles. The number of benzene rings is 2. The highest BCUT2D eigenvalue weighted by Gasteiger charge is 2.35. The lowest BCUT2D eigenvalue weighted by atomic mass is 9.94. The van der Waals surface area contributed by atoms with Crippen LogP contribution in [-0.4, -0.2) is 63.3 Å². The van der Waals surface area contributed by atoms with E-state index in [0.29, 0.717) is 25.3 Å². The molecular weight excluding hydrogens is 458 g/mol. The van der Waals surface area contributed by atoms with Crippen LogP contribution in [0.1, 0.15) is 18.5 Å². The number of urea groups is 1. The number of anilines is 1. The number of hydrogen-bond acceptors (Lipinski definition) is 6. The van der Waals surface area contributed by atoms with Crippen LogP contribution in [0, 0.1) is 11.6 Å². The van der Waals surface area contributed by atoms with Crippen molar-refractivity contribution in [3.8, 4) is 5.75 Å². The molecule has 2 aliphatic rings. The minimum Gasteiger partial charge on any atom is -0.497 e. The molecule has 1 atom stereocenters. The number of halogens is 2. The highest BCUT2D eigenvalue weighted by atomic mass is 19.2. The molecule has 0 aromatic heterocycles. The molecule has 0 bridgehead atoms. The summed E-state index contributed by atoms with van der Waals surface area (Å²) < 4.78 is 37.9. The van der Waals surface area contributed by atoms with Gasteiger partial charge in [0.15, 0.2) is 11.6 Å². The zero-order chi connectivity index (χ0) is 24.9. The number of ether oxygens (including phenoxy) is 2. The Labute approximate surface area is 202 Å². The topological polar surface area (TPSA) is 83.1 Å². The van der Waals surface area contributed by atoms with E-state index in [4.69, 9.17) is 9.47 Å². The van der Waals surface area contributed by atoms with E-state index in [9.17, 15) is 18.4 Å². The number of nitrogens with one attached hydrogen (secondary N) is 2. The number of nitrogens with zero attached hydrogens (tertiary/aromatic N) is 2. The molecular formula is C25H28F2N4O4. The molecule has 1 fully saturated rings. The number of rotatable bonds is 7. The van der Waals surface area contributed by atoms with Crippen LogP contribution in [0.5, 0.6) is 5.75 Å². The molecule has 0 radical (unpaired) electrons. The molecule has 186 valence electrons. The van der Waals surface area contributed by atoms with Gasteiger partial charge in [-0.15, -0.1) is 0 Å². The van der Waals surface area contributed by atoms with Crippen LogP contribution < -0.4 is 20.3 Å². The highest BCUT2D eigenvalue weighted by Crippen LogP contribution is 2.29. The predicted molar refractivity (Wildman–Crippen MR) is 126 cm³/mol. The fourth-order valence-corrected chi connectivity index (χ4v) is 4.32. The standard InChI is InChI=1S/C25H28F2N4O4/c1-3-35-24(32)22-21(28-25(33)29-23(22)16-4-9-19(26)20(27)14-16)15-30-10-12-31(13-11-30)17-5-7-18(34-2)8-6-17/h4-9,14,23H,3,10-13,15H2,1-2H3,(H2,28,29,33). The lowest BCUT2D eigenvalue weighted by molar-refractivity contribution is -0.139. The van der Waals surface area contributed by atoms with Crippen molar-refractivity contribution >= 4 is 17.7 Å². The van der Waals surface area contributed by atoms with E-state index in [-0.39, 0.29) is 17.7 Å². The lowest BCUT2D eigenvalue weighted by Crippen LogP contribution is -2.51. The molecule has 2 amide bonds. The van der Waals surface area contributed by atoms with Crippen LogP contribution in [0.2, 0.25) is 0 Å². The maximum Gasteiger partial charge on any atom is 0.338 e. The molecule has 35 heavy (non-hydrogen) atoms. The fraction of sp³-hybridized carbons (Fsp3) is 0.360. The Bertz CT molecular complexity index is 1110. The van der Waals surface area contributed by atoms with Gasteiger partial charge in [0.25, 0.3) is 0 Å². The SMILES string of the molecule is CCOC(=O)C1=C(CN2CCN(c3ccc(OC)cc3)CC2)NC(=O)NC1c1ccc(F)c(F)c1. The van der Waals surface area contributed by atoms with Gasteiger partial charge in [-0.25, -0.2) is 18.4 Å². The number of carbonyl (C=O) groups excluding carboxylic acids is 2. The van der Waals surface area contributed by atoms with Crippen molar-refractivity contribution in [2.45, 2.75) is 13.0 Å². The summed E-state index contributed by atoms with van der Waals surface area (Å²) in [5.74, 6) is -1.90. The van der Waals surface area contributed by atoms with Crippen LogP contribution in [0.15, 0.2) is 53.7 Å². The normalized spacial score (nSPS) is 18.7. The van der Waals surface area contributed by atoms with Gasteiger partial charge in [-0.05, 0) is 48.9 Å². The van der Waals surface area contributed by atoms with E-state index >= 15 is 0 Å². The maximum atomic E-state index is 13.9. The molecule has 4 rings (SSSR count). The molecule has 1 saturated heterocycles. The smallest absolute Gasteiger partial charge is 0.338 e. The van der Waals surface area contributed by atoms with Crippen molar-refractivity contribution in [3.63, 3.8) is 0 Å². The first-order valence-corrected chi connectivity index (χ1v) is 11.4. The van der Waals surface area contributed by atoms with Crippen molar-refractivity contribution in [1.29, 1.82) is 0 Å². The maximum absolute atomic E-state index is 13.9. The van der Waals surface area contributed by atoms with Crippen molar-refractivity contribution in [2.75, 3.05) is 51.3 Å². The lowest BCUT2D eigenvalue weighted by Gasteiger charge is -2.38. The number of piperazine rings is 1. The molecule has 0 aliphatic carbocycles. The average molecular weight is 487 g/mol. The fourth-order valence-electron chi connectivity index (χ4n) is 4.32. The first-order chi connectivity index (χ1) is 16.9. The summed E-state index contributed by atoms with van der Waals surface area (Å²) >= 11 is 0. The molecule has 2 aliphatic heterocycles. The minimum absolute atomic E-state index is 0.134. The van der Waals surface area contributed by atoms with Gasteiger partial charge in [0, 0.05) is 44.1 Å². The number of methoxy groups -OCH3 is 1. The summed E-state index contributed by atoms with van der Waals surface area (Å²) in [6.45, 7) is 5.03. The third-order valence-corrected chi connectivity index (χ3v) is 6.12. The van der Waals surface area contributed by atoms with Crippen molar-refractivity contribution in [2.24, 2.45) is 0 Å².